The zero-order chi connectivity index (χ0) is 22.5. The van der Waals surface area contributed by atoms with Crippen molar-refractivity contribution in [3.8, 4) is 6.07 Å². The Kier molecular flexibility index (Phi) is 7.53. The van der Waals surface area contributed by atoms with E-state index in [-0.39, 0.29) is 17.9 Å². The molecule has 1 aromatic carbocycles. The van der Waals surface area contributed by atoms with Crippen LogP contribution in [0.15, 0.2) is 30.3 Å². The Morgan fingerprint density at radius 3 is 2.52 bits per heavy atom. The summed E-state index contributed by atoms with van der Waals surface area (Å²) in [5.74, 6) is 0.274. The van der Waals surface area contributed by atoms with Gasteiger partial charge in [0.05, 0.1) is 18.3 Å². The molecule has 1 atom stereocenters. The van der Waals surface area contributed by atoms with Crippen LogP contribution >= 0.6 is 11.6 Å². The highest BCUT2D eigenvalue weighted by Crippen LogP contribution is 2.20. The number of carbonyl (C=O) groups is 1. The lowest BCUT2D eigenvalue weighted by atomic mass is 10.0. The lowest BCUT2D eigenvalue weighted by Gasteiger charge is -2.37. The van der Waals surface area contributed by atoms with Crippen LogP contribution in [0.5, 0.6) is 0 Å². The van der Waals surface area contributed by atoms with Gasteiger partial charge in [-0.15, -0.1) is 0 Å². The number of nitrogens with zero attached hydrogens (tertiary/aromatic N) is 5. The van der Waals surface area contributed by atoms with Gasteiger partial charge in [-0.1, -0.05) is 43.6 Å². The van der Waals surface area contributed by atoms with Crippen LogP contribution < -0.4 is 0 Å². The van der Waals surface area contributed by atoms with Crippen LogP contribution in [0.2, 0.25) is 5.02 Å². The third-order valence-electron chi connectivity index (χ3n) is 5.89. The lowest BCUT2D eigenvalue weighted by molar-refractivity contribution is -0.127. The van der Waals surface area contributed by atoms with E-state index in [1.54, 1.807) is 6.08 Å². The predicted octanol–water partition coefficient (Wildman–Crippen LogP) is 3.91. The molecule has 1 fully saturated rings. The maximum Gasteiger partial charge on any atom is 0.246 e. The van der Waals surface area contributed by atoms with Crippen LogP contribution in [0.4, 0.5) is 0 Å². The van der Waals surface area contributed by atoms with E-state index < -0.39 is 0 Å². The number of aryl methyl sites for hydroxylation is 1. The molecule has 6 nitrogen and oxygen atoms in total. The van der Waals surface area contributed by atoms with Crippen molar-refractivity contribution >= 4 is 23.6 Å². The summed E-state index contributed by atoms with van der Waals surface area (Å²) in [6.45, 7) is 11.4. The van der Waals surface area contributed by atoms with Crippen molar-refractivity contribution in [2.24, 2.45) is 5.92 Å². The quantitative estimate of drug-likeness (QED) is 0.640. The summed E-state index contributed by atoms with van der Waals surface area (Å²) in [5.41, 5.74) is 3.85. The first-order valence-corrected chi connectivity index (χ1v) is 11.1. The van der Waals surface area contributed by atoms with Crippen LogP contribution in [-0.4, -0.2) is 57.7 Å². The van der Waals surface area contributed by atoms with E-state index in [2.05, 4.69) is 29.9 Å². The predicted molar refractivity (Wildman–Crippen MR) is 124 cm³/mol. The molecule has 7 heteroatoms. The SMILES string of the molecule is Cc1nn(Cc2ccccc2Cl)c(C)c1/C=C/C(=O)N1CCN(C(C#N)C(C)C)CC1. The fourth-order valence-corrected chi connectivity index (χ4v) is 4.22. The van der Waals surface area contributed by atoms with Crippen molar-refractivity contribution in [3.63, 3.8) is 0 Å². The molecule has 0 radical (unpaired) electrons. The van der Waals surface area contributed by atoms with Gasteiger partial charge < -0.3 is 4.90 Å². The number of piperazine rings is 1. The Labute approximate surface area is 189 Å². The van der Waals surface area contributed by atoms with Crippen LogP contribution in [0.25, 0.3) is 6.08 Å². The van der Waals surface area contributed by atoms with Gasteiger partial charge in [0.1, 0.15) is 6.04 Å². The average Bonchev–Trinajstić information content (AvgIpc) is 3.01. The largest absolute Gasteiger partial charge is 0.337 e. The van der Waals surface area contributed by atoms with E-state index in [1.165, 1.54) is 0 Å². The minimum absolute atomic E-state index is 0.00430. The minimum atomic E-state index is -0.0953. The Bertz CT molecular complexity index is 996. The molecule has 0 N–H and O–H groups in total. The third-order valence-corrected chi connectivity index (χ3v) is 6.26. The number of rotatable bonds is 6. The van der Waals surface area contributed by atoms with Crippen molar-refractivity contribution < 1.29 is 4.79 Å². The number of hydrogen-bond donors (Lipinski definition) is 0. The molecule has 2 aromatic rings. The summed E-state index contributed by atoms with van der Waals surface area (Å²) < 4.78 is 1.92. The molecule has 164 valence electrons. The molecule has 0 bridgehead atoms. The van der Waals surface area contributed by atoms with E-state index in [1.807, 2.05) is 53.8 Å². The number of halogens is 1. The van der Waals surface area contributed by atoms with Gasteiger partial charge in [-0.3, -0.25) is 14.4 Å². The fraction of sp³-hybridized carbons (Fsp3) is 0.458. The van der Waals surface area contributed by atoms with Gasteiger partial charge in [0.15, 0.2) is 0 Å². The van der Waals surface area contributed by atoms with Crippen molar-refractivity contribution in [2.75, 3.05) is 26.2 Å². The van der Waals surface area contributed by atoms with Crippen molar-refractivity contribution in [1.82, 2.24) is 19.6 Å². The summed E-state index contributed by atoms with van der Waals surface area (Å²) in [5, 5.41) is 14.8. The summed E-state index contributed by atoms with van der Waals surface area (Å²) in [4.78, 5) is 16.7. The number of carbonyl (C=O) groups excluding carboxylic acids is 1. The van der Waals surface area contributed by atoms with Crippen LogP contribution in [-0.2, 0) is 11.3 Å². The first kappa shape index (κ1) is 23.1. The fourth-order valence-electron chi connectivity index (χ4n) is 4.03. The zero-order valence-corrected chi connectivity index (χ0v) is 19.4. The van der Waals surface area contributed by atoms with Crippen molar-refractivity contribution in [3.05, 3.63) is 57.9 Å². The molecule has 1 aliphatic rings. The molecule has 1 saturated heterocycles. The Balaban J connectivity index is 1.65. The molecular formula is C24H30ClN5O. The Morgan fingerprint density at radius 2 is 1.90 bits per heavy atom. The molecule has 1 unspecified atom stereocenters. The molecular weight excluding hydrogens is 410 g/mol. The number of hydrogen-bond acceptors (Lipinski definition) is 4. The minimum Gasteiger partial charge on any atom is -0.337 e. The smallest absolute Gasteiger partial charge is 0.246 e. The number of aromatic nitrogens is 2. The highest BCUT2D eigenvalue weighted by molar-refractivity contribution is 6.31. The van der Waals surface area contributed by atoms with Gasteiger partial charge in [0, 0.05) is 48.5 Å². The number of amides is 1. The van der Waals surface area contributed by atoms with E-state index in [9.17, 15) is 10.1 Å². The van der Waals surface area contributed by atoms with E-state index in [4.69, 9.17) is 11.6 Å². The molecule has 1 amide bonds. The molecule has 31 heavy (non-hydrogen) atoms. The third kappa shape index (κ3) is 5.36. The first-order chi connectivity index (χ1) is 14.8. The van der Waals surface area contributed by atoms with Crippen LogP contribution in [0.1, 0.15) is 36.4 Å². The summed E-state index contributed by atoms with van der Waals surface area (Å²) >= 11 is 6.29. The molecule has 1 aliphatic heterocycles. The van der Waals surface area contributed by atoms with E-state index >= 15 is 0 Å². The highest BCUT2D eigenvalue weighted by atomic mass is 35.5. The van der Waals surface area contributed by atoms with Gasteiger partial charge in [-0.05, 0) is 37.5 Å². The second-order valence-corrected chi connectivity index (χ2v) is 8.75. The second kappa shape index (κ2) is 10.1. The molecule has 0 spiro atoms. The topological polar surface area (TPSA) is 65.2 Å². The summed E-state index contributed by atoms with van der Waals surface area (Å²) in [7, 11) is 0. The normalized spacial score (nSPS) is 16.1. The van der Waals surface area contributed by atoms with Crippen LogP contribution in [0.3, 0.4) is 0 Å². The van der Waals surface area contributed by atoms with E-state index in [0.717, 1.165) is 40.6 Å². The average molecular weight is 440 g/mol. The Hall–Kier alpha value is -2.62. The summed E-state index contributed by atoms with van der Waals surface area (Å²) in [6.07, 6.45) is 3.50. The zero-order valence-electron chi connectivity index (χ0n) is 18.7. The van der Waals surface area contributed by atoms with Gasteiger partial charge in [-0.25, -0.2) is 0 Å². The number of nitriles is 1. The van der Waals surface area contributed by atoms with Gasteiger partial charge >= 0.3 is 0 Å². The highest BCUT2D eigenvalue weighted by Gasteiger charge is 2.27. The molecule has 0 saturated carbocycles. The molecule has 2 heterocycles. The van der Waals surface area contributed by atoms with Crippen molar-refractivity contribution in [2.45, 2.75) is 40.3 Å². The van der Waals surface area contributed by atoms with Crippen molar-refractivity contribution in [1.29, 1.82) is 5.26 Å². The molecule has 3 rings (SSSR count). The molecule has 1 aromatic heterocycles. The van der Waals surface area contributed by atoms with E-state index in [0.29, 0.717) is 19.6 Å². The second-order valence-electron chi connectivity index (χ2n) is 8.35. The van der Waals surface area contributed by atoms with Crippen LogP contribution in [0, 0.1) is 31.1 Å². The standard InChI is InChI=1S/C24H30ClN5O/c1-17(2)23(15-26)28-11-13-29(14-12-28)24(31)10-9-21-18(3)27-30(19(21)4)16-20-7-5-6-8-22(20)25/h5-10,17,23H,11-14,16H2,1-4H3/b10-9+. The Morgan fingerprint density at radius 1 is 1.23 bits per heavy atom. The monoisotopic (exact) mass is 439 g/mol. The first-order valence-electron chi connectivity index (χ1n) is 10.7. The maximum absolute atomic E-state index is 12.7. The van der Waals surface area contributed by atoms with Gasteiger partial charge in [0.2, 0.25) is 5.91 Å². The maximum atomic E-state index is 12.7. The van der Waals surface area contributed by atoms with Gasteiger partial charge in [-0.2, -0.15) is 10.4 Å². The van der Waals surface area contributed by atoms with Gasteiger partial charge in [0.25, 0.3) is 0 Å². The molecule has 0 aliphatic carbocycles. The summed E-state index contributed by atoms with van der Waals surface area (Å²) in [6, 6.07) is 10.0. The lowest BCUT2D eigenvalue weighted by Crippen LogP contribution is -2.52. The number of benzene rings is 1.